The van der Waals surface area contributed by atoms with Crippen molar-refractivity contribution in [3.8, 4) is 0 Å². The van der Waals surface area contributed by atoms with Crippen molar-refractivity contribution in [3.05, 3.63) is 21.3 Å². The maximum atomic E-state index is 6.06. The number of ether oxygens (including phenoxy) is 1. The third-order valence-corrected chi connectivity index (χ3v) is 7.99. The van der Waals surface area contributed by atoms with Crippen molar-refractivity contribution >= 4 is 64.6 Å². The Balaban J connectivity index is 0.00000280. The molecule has 2 fully saturated rings. The Morgan fingerprint density at radius 1 is 1.29 bits per heavy atom. The SMILES string of the molecule is CCNC(=NCC1(SC)CCOCC1)N1CCN(Cc2ccc(Cl)s2)CC1.I. The van der Waals surface area contributed by atoms with Gasteiger partial charge < -0.3 is 15.0 Å². The third-order valence-electron chi connectivity index (χ3n) is 5.37. The van der Waals surface area contributed by atoms with Crippen LogP contribution < -0.4 is 5.32 Å². The molecule has 0 aromatic carbocycles. The number of rotatable bonds is 6. The Labute approximate surface area is 199 Å². The van der Waals surface area contributed by atoms with E-state index in [4.69, 9.17) is 21.3 Å². The molecule has 3 heterocycles. The molecule has 1 N–H and O–H groups in total. The summed E-state index contributed by atoms with van der Waals surface area (Å²) >= 11 is 9.69. The van der Waals surface area contributed by atoms with E-state index < -0.39 is 0 Å². The highest BCUT2D eigenvalue weighted by Crippen LogP contribution is 2.34. The van der Waals surface area contributed by atoms with Gasteiger partial charge in [0, 0.05) is 62.1 Å². The quantitative estimate of drug-likeness (QED) is 0.325. The van der Waals surface area contributed by atoms with E-state index in [0.29, 0.717) is 0 Å². The number of piperazine rings is 1. The Hall–Kier alpha value is 0.260. The fraction of sp³-hybridized carbons (Fsp3) is 0.737. The Bertz CT molecular complexity index is 617. The fourth-order valence-electron chi connectivity index (χ4n) is 3.59. The van der Waals surface area contributed by atoms with Crippen LogP contribution in [0.4, 0.5) is 0 Å². The molecule has 1 aromatic rings. The summed E-state index contributed by atoms with van der Waals surface area (Å²) in [5.74, 6) is 1.07. The monoisotopic (exact) mass is 558 g/mol. The smallest absolute Gasteiger partial charge is 0.194 e. The van der Waals surface area contributed by atoms with E-state index in [1.54, 1.807) is 11.3 Å². The molecular formula is C19H32ClIN4OS2. The first-order valence-electron chi connectivity index (χ1n) is 9.77. The minimum Gasteiger partial charge on any atom is -0.381 e. The van der Waals surface area contributed by atoms with Crippen molar-refractivity contribution in [2.24, 2.45) is 4.99 Å². The van der Waals surface area contributed by atoms with Crippen molar-refractivity contribution < 1.29 is 4.74 Å². The lowest BCUT2D eigenvalue weighted by molar-refractivity contribution is 0.0793. The minimum atomic E-state index is 0. The molecule has 2 aliphatic rings. The van der Waals surface area contributed by atoms with Crippen LogP contribution in [0.1, 0.15) is 24.6 Å². The number of halogens is 2. The molecule has 5 nitrogen and oxygen atoms in total. The first-order valence-corrected chi connectivity index (χ1v) is 12.2. The molecule has 3 rings (SSSR count). The van der Waals surface area contributed by atoms with Gasteiger partial charge in [0.2, 0.25) is 0 Å². The zero-order valence-corrected chi connectivity index (χ0v) is 21.5. The second-order valence-corrected chi connectivity index (χ2v) is 10.2. The number of thioether (sulfide) groups is 1. The summed E-state index contributed by atoms with van der Waals surface area (Å²) in [6.07, 6.45) is 4.39. The van der Waals surface area contributed by atoms with Crippen molar-refractivity contribution in [2.75, 3.05) is 58.7 Å². The molecule has 0 spiro atoms. The lowest BCUT2D eigenvalue weighted by Gasteiger charge is -2.38. The third kappa shape index (κ3) is 6.91. The highest BCUT2D eigenvalue weighted by molar-refractivity contribution is 14.0. The standard InChI is InChI=1S/C19H31ClN4OS2.HI/c1-3-21-18(22-15-19(26-2)6-12-25-13-7-19)24-10-8-23(9-11-24)14-16-4-5-17(20)27-16;/h4-5H,3,6-15H2,1-2H3,(H,21,22);1H. The van der Waals surface area contributed by atoms with Crippen LogP contribution in [0.15, 0.2) is 17.1 Å². The van der Waals surface area contributed by atoms with Gasteiger partial charge in [0.1, 0.15) is 0 Å². The van der Waals surface area contributed by atoms with E-state index in [9.17, 15) is 0 Å². The highest BCUT2D eigenvalue weighted by Gasteiger charge is 2.32. The zero-order valence-electron chi connectivity index (χ0n) is 16.8. The van der Waals surface area contributed by atoms with Crippen LogP contribution in [0.25, 0.3) is 0 Å². The van der Waals surface area contributed by atoms with Crippen molar-refractivity contribution in [2.45, 2.75) is 31.1 Å². The van der Waals surface area contributed by atoms with E-state index in [-0.39, 0.29) is 28.7 Å². The van der Waals surface area contributed by atoms with Crippen molar-refractivity contribution in [1.29, 1.82) is 0 Å². The molecule has 0 bridgehead atoms. The number of nitrogens with one attached hydrogen (secondary N) is 1. The average Bonchev–Trinajstić information content (AvgIpc) is 3.11. The lowest BCUT2D eigenvalue weighted by Crippen LogP contribution is -2.52. The molecule has 0 saturated carbocycles. The first-order chi connectivity index (χ1) is 13.1. The van der Waals surface area contributed by atoms with Crippen LogP contribution in [-0.2, 0) is 11.3 Å². The summed E-state index contributed by atoms with van der Waals surface area (Å²) in [6.45, 7) is 10.8. The van der Waals surface area contributed by atoms with Crippen LogP contribution >= 0.6 is 58.7 Å². The molecule has 0 atom stereocenters. The van der Waals surface area contributed by atoms with Crippen molar-refractivity contribution in [1.82, 2.24) is 15.1 Å². The normalized spacial score (nSPS) is 20.7. The van der Waals surface area contributed by atoms with Gasteiger partial charge in [-0.2, -0.15) is 11.8 Å². The Kier molecular flexibility index (Phi) is 10.7. The van der Waals surface area contributed by atoms with Gasteiger partial charge in [0.25, 0.3) is 0 Å². The predicted molar refractivity (Wildman–Crippen MR) is 134 cm³/mol. The van der Waals surface area contributed by atoms with Gasteiger partial charge in [-0.05, 0) is 38.2 Å². The Morgan fingerprint density at radius 2 is 2.00 bits per heavy atom. The molecule has 0 unspecified atom stereocenters. The fourth-order valence-corrected chi connectivity index (χ4v) is 5.49. The summed E-state index contributed by atoms with van der Waals surface area (Å²) in [4.78, 5) is 11.3. The predicted octanol–water partition coefficient (Wildman–Crippen LogP) is 4.01. The maximum absolute atomic E-state index is 6.06. The molecule has 1 aromatic heterocycles. The summed E-state index contributed by atoms with van der Waals surface area (Å²) in [7, 11) is 0. The number of guanidine groups is 1. The highest BCUT2D eigenvalue weighted by atomic mass is 127. The van der Waals surface area contributed by atoms with E-state index in [1.165, 1.54) is 4.88 Å². The van der Waals surface area contributed by atoms with E-state index in [0.717, 1.165) is 82.2 Å². The summed E-state index contributed by atoms with van der Waals surface area (Å²) in [5.41, 5.74) is 0. The molecular weight excluding hydrogens is 527 g/mol. The summed E-state index contributed by atoms with van der Waals surface area (Å²) in [6, 6.07) is 4.13. The van der Waals surface area contributed by atoms with Crippen LogP contribution in [0.3, 0.4) is 0 Å². The van der Waals surface area contributed by atoms with Crippen LogP contribution in [-0.4, -0.2) is 79.2 Å². The Morgan fingerprint density at radius 3 is 2.57 bits per heavy atom. The minimum absolute atomic E-state index is 0. The summed E-state index contributed by atoms with van der Waals surface area (Å²) < 4.78 is 6.67. The maximum Gasteiger partial charge on any atom is 0.194 e. The number of aliphatic imine (C=N–C) groups is 1. The van der Waals surface area contributed by atoms with Gasteiger partial charge in [-0.1, -0.05) is 11.6 Å². The molecule has 9 heteroatoms. The molecule has 0 radical (unpaired) electrons. The summed E-state index contributed by atoms with van der Waals surface area (Å²) in [5, 5.41) is 3.50. The first kappa shape index (κ1) is 24.5. The second-order valence-electron chi connectivity index (χ2n) is 7.14. The number of nitrogens with zero attached hydrogens (tertiary/aromatic N) is 3. The van der Waals surface area contributed by atoms with Gasteiger partial charge in [0.05, 0.1) is 10.9 Å². The number of hydrogen-bond acceptors (Lipinski definition) is 5. The van der Waals surface area contributed by atoms with E-state index in [1.807, 2.05) is 17.8 Å². The molecule has 0 amide bonds. The number of thiophene rings is 1. The molecule has 0 aliphatic carbocycles. The molecule has 2 aliphatic heterocycles. The van der Waals surface area contributed by atoms with Gasteiger partial charge >= 0.3 is 0 Å². The number of hydrogen-bond donors (Lipinski definition) is 1. The van der Waals surface area contributed by atoms with E-state index in [2.05, 4.69) is 34.4 Å². The molecule has 28 heavy (non-hydrogen) atoms. The van der Waals surface area contributed by atoms with Gasteiger partial charge in [-0.15, -0.1) is 35.3 Å². The lowest BCUT2D eigenvalue weighted by atomic mass is 9.99. The van der Waals surface area contributed by atoms with Gasteiger partial charge in [0.15, 0.2) is 5.96 Å². The molecule has 2 saturated heterocycles. The van der Waals surface area contributed by atoms with Crippen LogP contribution in [0.2, 0.25) is 4.34 Å². The topological polar surface area (TPSA) is 40.1 Å². The van der Waals surface area contributed by atoms with E-state index >= 15 is 0 Å². The van der Waals surface area contributed by atoms with Crippen molar-refractivity contribution in [3.63, 3.8) is 0 Å². The average molecular weight is 559 g/mol. The van der Waals surface area contributed by atoms with Gasteiger partial charge in [-0.25, -0.2) is 0 Å². The zero-order chi connectivity index (χ0) is 19.1. The molecule has 160 valence electrons. The largest absolute Gasteiger partial charge is 0.381 e. The second kappa shape index (κ2) is 12.2. The van der Waals surface area contributed by atoms with Gasteiger partial charge in [-0.3, -0.25) is 9.89 Å². The van der Waals surface area contributed by atoms with Crippen LogP contribution in [0.5, 0.6) is 0 Å². The van der Waals surface area contributed by atoms with Crippen LogP contribution in [0, 0.1) is 0 Å².